The number of rotatable bonds is 3. The first kappa shape index (κ1) is 16.0. The quantitative estimate of drug-likeness (QED) is 0.353. The van der Waals surface area contributed by atoms with Crippen LogP contribution in [0.3, 0.4) is 0 Å². The molecule has 2 aromatic carbocycles. The number of carbonyl (C=O) groups is 1. The van der Waals surface area contributed by atoms with Crippen LogP contribution in [0.4, 0.5) is 0 Å². The van der Waals surface area contributed by atoms with Crippen LogP contribution < -0.4 is 0 Å². The molecule has 0 aliphatic carbocycles. The van der Waals surface area contributed by atoms with Crippen LogP contribution in [-0.4, -0.2) is 46.5 Å². The van der Waals surface area contributed by atoms with Crippen LogP contribution >= 0.6 is 0 Å². The Morgan fingerprint density at radius 2 is 1.52 bits per heavy atom. The third kappa shape index (κ3) is 2.98. The molecule has 0 aliphatic heterocycles. The second kappa shape index (κ2) is 5.96. The number of carboxylic acids is 1. The highest BCUT2D eigenvalue weighted by Crippen LogP contribution is 2.34. The summed E-state index contributed by atoms with van der Waals surface area (Å²) in [5, 5.41) is 47.6. The molecule has 126 valence electrons. The van der Waals surface area contributed by atoms with E-state index in [1.165, 1.54) is 18.2 Å². The van der Waals surface area contributed by atoms with E-state index in [-0.39, 0.29) is 28.7 Å². The zero-order chi connectivity index (χ0) is 18.1. The van der Waals surface area contributed by atoms with Gasteiger partial charge in [-0.05, 0) is 30.3 Å². The van der Waals surface area contributed by atoms with Crippen LogP contribution in [0.1, 0.15) is 10.4 Å². The Morgan fingerprint density at radius 3 is 2.20 bits per heavy atom. The van der Waals surface area contributed by atoms with E-state index in [1.54, 1.807) is 0 Å². The highest BCUT2D eigenvalue weighted by Gasteiger charge is 2.17. The van der Waals surface area contributed by atoms with E-state index in [0.717, 1.165) is 18.5 Å². The molecule has 0 radical (unpaired) electrons. The summed E-state index contributed by atoms with van der Waals surface area (Å²) in [6.07, 6.45) is 1.16. The largest absolute Gasteiger partial charge is 0.507 e. The summed E-state index contributed by atoms with van der Waals surface area (Å²) in [6.45, 7) is 0. The Hall–Kier alpha value is -3.88. The second-order valence-electron chi connectivity index (χ2n) is 5.03. The fourth-order valence-electron chi connectivity index (χ4n) is 2.15. The minimum absolute atomic E-state index is 0.00847. The molecule has 1 heterocycles. The van der Waals surface area contributed by atoms with Crippen molar-refractivity contribution in [3.05, 3.63) is 42.2 Å². The maximum absolute atomic E-state index is 11.0. The molecule has 9 heteroatoms. The van der Waals surface area contributed by atoms with Gasteiger partial charge in [0.2, 0.25) is 0 Å². The normalized spacial score (nSPS) is 10.6. The molecular formula is C16H11N3O6. The Kier molecular flexibility index (Phi) is 3.82. The molecule has 5 N–H and O–H groups in total. The van der Waals surface area contributed by atoms with Crippen LogP contribution in [-0.2, 0) is 0 Å². The number of hydrogen-bond donors (Lipinski definition) is 5. The van der Waals surface area contributed by atoms with Crippen molar-refractivity contribution in [2.75, 3.05) is 0 Å². The maximum Gasteiger partial charge on any atom is 0.339 e. The summed E-state index contributed by atoms with van der Waals surface area (Å²) in [4.78, 5) is 22.9. The van der Waals surface area contributed by atoms with E-state index >= 15 is 0 Å². The number of aromatic hydroxyl groups is 4. The molecule has 25 heavy (non-hydrogen) atoms. The molecule has 0 bridgehead atoms. The van der Waals surface area contributed by atoms with Gasteiger partial charge in [0.1, 0.15) is 23.4 Å². The second-order valence-corrected chi connectivity index (χ2v) is 5.03. The van der Waals surface area contributed by atoms with Crippen LogP contribution in [0.5, 0.6) is 23.0 Å². The number of aromatic nitrogens is 3. The van der Waals surface area contributed by atoms with Gasteiger partial charge in [0, 0.05) is 5.56 Å². The average molecular weight is 341 g/mol. The maximum atomic E-state index is 11.0. The van der Waals surface area contributed by atoms with Crippen LogP contribution in [0.2, 0.25) is 0 Å². The molecule has 0 unspecified atom stereocenters. The van der Waals surface area contributed by atoms with Crippen molar-refractivity contribution in [3.63, 3.8) is 0 Å². The van der Waals surface area contributed by atoms with E-state index < -0.39 is 23.0 Å². The van der Waals surface area contributed by atoms with Gasteiger partial charge in [-0.3, -0.25) is 0 Å². The van der Waals surface area contributed by atoms with Crippen LogP contribution in [0.15, 0.2) is 36.7 Å². The molecular weight excluding hydrogens is 330 g/mol. The highest BCUT2D eigenvalue weighted by molar-refractivity contribution is 5.92. The van der Waals surface area contributed by atoms with Crippen molar-refractivity contribution >= 4 is 5.97 Å². The predicted molar refractivity (Wildman–Crippen MR) is 84.3 cm³/mol. The summed E-state index contributed by atoms with van der Waals surface area (Å²) < 4.78 is 0. The lowest BCUT2D eigenvalue weighted by molar-refractivity contribution is 0.0693. The fraction of sp³-hybridized carbons (Fsp3) is 0. The zero-order valence-corrected chi connectivity index (χ0v) is 12.5. The van der Waals surface area contributed by atoms with E-state index in [2.05, 4.69) is 15.0 Å². The number of benzene rings is 2. The van der Waals surface area contributed by atoms with Gasteiger partial charge in [-0.25, -0.2) is 19.7 Å². The third-order valence-electron chi connectivity index (χ3n) is 3.39. The van der Waals surface area contributed by atoms with E-state index in [9.17, 15) is 25.2 Å². The van der Waals surface area contributed by atoms with Crippen molar-refractivity contribution in [3.8, 4) is 45.8 Å². The van der Waals surface area contributed by atoms with Crippen molar-refractivity contribution in [1.82, 2.24) is 15.0 Å². The Balaban J connectivity index is 2.09. The minimum atomic E-state index is -1.39. The lowest BCUT2D eigenvalue weighted by Gasteiger charge is -2.08. The SMILES string of the molecule is O=C(O)c1cc(O)c(-c2ncnc(-c3ccc(O)c(O)c3)n2)cc1O. The van der Waals surface area contributed by atoms with Gasteiger partial charge in [-0.1, -0.05) is 0 Å². The number of carboxylic acid groups (broad SMARTS) is 1. The topological polar surface area (TPSA) is 157 Å². The Morgan fingerprint density at radius 1 is 0.800 bits per heavy atom. The Labute approximate surface area is 140 Å². The monoisotopic (exact) mass is 341 g/mol. The predicted octanol–water partition coefficient (Wildman–Crippen LogP) is 1.73. The Bertz CT molecular complexity index is 990. The van der Waals surface area contributed by atoms with Gasteiger partial charge in [-0.2, -0.15) is 0 Å². The third-order valence-corrected chi connectivity index (χ3v) is 3.39. The van der Waals surface area contributed by atoms with Gasteiger partial charge < -0.3 is 25.5 Å². The van der Waals surface area contributed by atoms with Crippen molar-refractivity contribution in [2.45, 2.75) is 0 Å². The summed E-state index contributed by atoms with van der Waals surface area (Å²) in [5.41, 5.74) is -0.0713. The zero-order valence-electron chi connectivity index (χ0n) is 12.5. The van der Waals surface area contributed by atoms with E-state index in [4.69, 9.17) is 5.11 Å². The molecule has 9 nitrogen and oxygen atoms in total. The molecule has 0 aliphatic rings. The molecule has 0 fully saturated rings. The average Bonchev–Trinajstić information content (AvgIpc) is 2.59. The molecule has 3 aromatic rings. The van der Waals surface area contributed by atoms with E-state index in [1.807, 2.05) is 0 Å². The molecule has 0 spiro atoms. The first-order valence-electron chi connectivity index (χ1n) is 6.88. The molecule has 0 atom stereocenters. The smallest absolute Gasteiger partial charge is 0.339 e. The van der Waals surface area contributed by atoms with Gasteiger partial charge in [0.05, 0.1) is 5.56 Å². The van der Waals surface area contributed by atoms with Gasteiger partial charge in [-0.15, -0.1) is 0 Å². The van der Waals surface area contributed by atoms with E-state index in [0.29, 0.717) is 5.56 Å². The number of hydrogen-bond acceptors (Lipinski definition) is 8. The van der Waals surface area contributed by atoms with Crippen LogP contribution in [0, 0.1) is 0 Å². The molecule has 0 saturated heterocycles. The standard InChI is InChI=1S/C16H11N3O6/c20-10-2-1-7(3-13(10)23)14-17-6-18-15(19-14)8-4-12(22)9(16(24)25)5-11(8)21/h1-6,20-23H,(H,24,25). The summed E-state index contributed by atoms with van der Waals surface area (Å²) in [5.74, 6) is -2.90. The van der Waals surface area contributed by atoms with Gasteiger partial charge >= 0.3 is 5.97 Å². The van der Waals surface area contributed by atoms with Crippen molar-refractivity contribution in [2.24, 2.45) is 0 Å². The fourth-order valence-corrected chi connectivity index (χ4v) is 2.15. The summed E-state index contributed by atoms with van der Waals surface area (Å²) >= 11 is 0. The summed E-state index contributed by atoms with van der Waals surface area (Å²) in [6, 6.07) is 5.91. The van der Waals surface area contributed by atoms with Gasteiger partial charge in [0.25, 0.3) is 0 Å². The number of phenols is 4. The number of nitrogens with zero attached hydrogens (tertiary/aromatic N) is 3. The lowest BCUT2D eigenvalue weighted by atomic mass is 10.1. The first-order chi connectivity index (χ1) is 11.9. The van der Waals surface area contributed by atoms with Crippen molar-refractivity contribution < 1.29 is 30.3 Å². The molecule has 0 amide bonds. The number of aromatic carboxylic acids is 1. The molecule has 0 saturated carbocycles. The first-order valence-corrected chi connectivity index (χ1v) is 6.88. The van der Waals surface area contributed by atoms with Gasteiger partial charge in [0.15, 0.2) is 23.1 Å². The molecule has 3 rings (SSSR count). The van der Waals surface area contributed by atoms with Crippen molar-refractivity contribution in [1.29, 1.82) is 0 Å². The summed E-state index contributed by atoms with van der Waals surface area (Å²) in [7, 11) is 0. The number of phenolic OH excluding ortho intramolecular Hbond substituents is 3. The lowest BCUT2D eigenvalue weighted by Crippen LogP contribution is -1.99. The minimum Gasteiger partial charge on any atom is -0.507 e. The molecule has 1 aromatic heterocycles. The van der Waals surface area contributed by atoms with Crippen LogP contribution in [0.25, 0.3) is 22.8 Å². The highest BCUT2D eigenvalue weighted by atomic mass is 16.4.